The number of rotatable bonds is 12. The normalized spacial score (nSPS) is 13.1. The van der Waals surface area contributed by atoms with E-state index in [1.807, 2.05) is 13.8 Å². The Morgan fingerprint density at radius 3 is 2.13 bits per heavy atom. The summed E-state index contributed by atoms with van der Waals surface area (Å²) in [6.45, 7) is 4.33. The number of ether oxygens (including phenoxy) is 1. The molecule has 3 N–H and O–H groups in total. The topological polar surface area (TPSA) is 109 Å². The van der Waals surface area contributed by atoms with Gasteiger partial charge in [0.25, 0.3) is 0 Å². The molecule has 10 heteroatoms. The minimum Gasteiger partial charge on any atom is -0.479 e. The second-order valence-electron chi connectivity index (χ2n) is 9.16. The van der Waals surface area contributed by atoms with Crippen LogP contribution in [-0.4, -0.2) is 45.7 Å². The number of Topliss-reactive ketones (excluding diaryl/α,β-unsaturated/α-hetero) is 1. The van der Waals surface area contributed by atoms with E-state index in [1.54, 1.807) is 42.6 Å². The molecule has 1 aromatic heterocycles. The first-order valence-electron chi connectivity index (χ1n) is 12.0. The standard InChI is InChI=1S/C28H29F3N2O5/c1-17(2)23(33-22-10-5-19(6-11-22)24(34)12-13-25(35)27(36)37)16-38-26-14-7-20(15-32-26)18-3-8-21(9-4-18)28(29,30)31/h3-11,14-15,17,23,25,33,35H,12-13,16H2,1-2H3,(H,36,37)/t23-,25-/m1/s1. The summed E-state index contributed by atoms with van der Waals surface area (Å²) >= 11 is 0. The number of aliphatic carboxylic acids is 1. The number of nitrogens with zero attached hydrogens (tertiary/aromatic N) is 1. The lowest BCUT2D eigenvalue weighted by atomic mass is 10.0. The van der Waals surface area contributed by atoms with Crippen LogP contribution in [0.3, 0.4) is 0 Å². The second kappa shape index (κ2) is 12.6. The van der Waals surface area contributed by atoms with Crippen LogP contribution in [0.4, 0.5) is 18.9 Å². The van der Waals surface area contributed by atoms with Gasteiger partial charge in [-0.05, 0) is 60.4 Å². The van der Waals surface area contributed by atoms with Gasteiger partial charge in [0.2, 0.25) is 5.88 Å². The molecule has 1 heterocycles. The number of benzene rings is 2. The number of aliphatic hydroxyl groups is 1. The van der Waals surface area contributed by atoms with Gasteiger partial charge in [0.1, 0.15) is 6.61 Å². The van der Waals surface area contributed by atoms with Gasteiger partial charge in [-0.3, -0.25) is 4.79 Å². The number of ketones is 1. The van der Waals surface area contributed by atoms with E-state index in [0.29, 0.717) is 22.6 Å². The lowest BCUT2D eigenvalue weighted by Gasteiger charge is -2.23. The molecule has 0 bridgehead atoms. The van der Waals surface area contributed by atoms with E-state index >= 15 is 0 Å². The summed E-state index contributed by atoms with van der Waals surface area (Å²) in [5, 5.41) is 21.4. The molecule has 202 valence electrons. The average molecular weight is 531 g/mol. The summed E-state index contributed by atoms with van der Waals surface area (Å²) in [6, 6.07) is 14.9. The molecule has 0 spiro atoms. The minimum absolute atomic E-state index is 0.0760. The van der Waals surface area contributed by atoms with E-state index in [4.69, 9.17) is 9.84 Å². The van der Waals surface area contributed by atoms with Gasteiger partial charge in [-0.1, -0.05) is 26.0 Å². The highest BCUT2D eigenvalue weighted by Gasteiger charge is 2.30. The Hall–Kier alpha value is -3.92. The Morgan fingerprint density at radius 2 is 1.61 bits per heavy atom. The third-order valence-electron chi connectivity index (χ3n) is 5.99. The molecular weight excluding hydrogens is 501 g/mol. The fourth-order valence-corrected chi connectivity index (χ4v) is 3.57. The molecule has 0 saturated carbocycles. The molecule has 7 nitrogen and oxygen atoms in total. The van der Waals surface area contributed by atoms with Crippen LogP contribution in [-0.2, 0) is 11.0 Å². The van der Waals surface area contributed by atoms with Crippen LogP contribution in [0.25, 0.3) is 11.1 Å². The fraction of sp³-hybridized carbons (Fsp3) is 0.321. The van der Waals surface area contributed by atoms with Crippen molar-refractivity contribution in [2.24, 2.45) is 5.92 Å². The number of carboxylic acids is 1. The van der Waals surface area contributed by atoms with Crippen LogP contribution >= 0.6 is 0 Å². The van der Waals surface area contributed by atoms with Crippen LogP contribution in [0.2, 0.25) is 0 Å². The van der Waals surface area contributed by atoms with Crippen molar-refractivity contribution < 1.29 is 37.7 Å². The van der Waals surface area contributed by atoms with Gasteiger partial charge < -0.3 is 20.3 Å². The maximum atomic E-state index is 12.8. The third kappa shape index (κ3) is 8.04. The average Bonchev–Trinajstić information content (AvgIpc) is 2.89. The lowest BCUT2D eigenvalue weighted by molar-refractivity contribution is -0.146. The van der Waals surface area contributed by atoms with Crippen LogP contribution in [0.15, 0.2) is 66.9 Å². The van der Waals surface area contributed by atoms with E-state index in [2.05, 4.69) is 10.3 Å². The van der Waals surface area contributed by atoms with Crippen LogP contribution in [0, 0.1) is 5.92 Å². The Morgan fingerprint density at radius 1 is 0.974 bits per heavy atom. The molecule has 2 aromatic carbocycles. The molecule has 2 atom stereocenters. The predicted octanol–water partition coefficient (Wildman–Crippen LogP) is 5.69. The van der Waals surface area contributed by atoms with Crippen LogP contribution in [0.1, 0.15) is 42.6 Å². The molecule has 0 aliphatic carbocycles. The Labute approximate surface area is 218 Å². The molecule has 0 saturated heterocycles. The zero-order chi connectivity index (χ0) is 27.9. The number of aliphatic hydroxyl groups excluding tert-OH is 1. The number of pyridine rings is 1. The monoisotopic (exact) mass is 530 g/mol. The Kier molecular flexibility index (Phi) is 9.46. The summed E-state index contributed by atoms with van der Waals surface area (Å²) in [4.78, 5) is 27.2. The molecule has 0 unspecified atom stereocenters. The molecule has 0 radical (unpaired) electrons. The minimum atomic E-state index is -4.39. The molecule has 0 amide bonds. The first-order chi connectivity index (χ1) is 17.9. The van der Waals surface area contributed by atoms with Crippen molar-refractivity contribution >= 4 is 17.4 Å². The zero-order valence-corrected chi connectivity index (χ0v) is 20.9. The highest BCUT2D eigenvalue weighted by atomic mass is 19.4. The summed E-state index contributed by atoms with van der Waals surface area (Å²) in [7, 11) is 0. The number of alkyl halides is 3. The van der Waals surface area contributed by atoms with Crippen LogP contribution in [0.5, 0.6) is 5.88 Å². The smallest absolute Gasteiger partial charge is 0.416 e. The van der Waals surface area contributed by atoms with E-state index in [1.165, 1.54) is 12.1 Å². The van der Waals surface area contributed by atoms with Crippen molar-refractivity contribution in [3.8, 4) is 17.0 Å². The number of halogens is 3. The van der Waals surface area contributed by atoms with Crippen molar-refractivity contribution in [2.75, 3.05) is 11.9 Å². The number of carbonyl (C=O) groups excluding carboxylic acids is 1. The van der Waals surface area contributed by atoms with Gasteiger partial charge in [0.05, 0.1) is 11.6 Å². The number of anilines is 1. The predicted molar refractivity (Wildman–Crippen MR) is 136 cm³/mol. The summed E-state index contributed by atoms with van der Waals surface area (Å²) in [5.41, 5.74) is 1.75. The maximum Gasteiger partial charge on any atom is 0.416 e. The van der Waals surface area contributed by atoms with Crippen molar-refractivity contribution in [1.82, 2.24) is 4.98 Å². The second-order valence-corrected chi connectivity index (χ2v) is 9.16. The molecule has 0 aliphatic heterocycles. The molecule has 3 rings (SSSR count). The number of hydrogen-bond donors (Lipinski definition) is 3. The van der Waals surface area contributed by atoms with Gasteiger partial charge >= 0.3 is 12.1 Å². The van der Waals surface area contributed by atoms with E-state index in [0.717, 1.165) is 17.8 Å². The summed E-state index contributed by atoms with van der Waals surface area (Å²) in [5.74, 6) is -1.06. The largest absolute Gasteiger partial charge is 0.479 e. The molecule has 0 fully saturated rings. The SMILES string of the molecule is CC(C)[C@@H](COc1ccc(-c2ccc(C(F)(F)F)cc2)cn1)Nc1ccc(C(=O)CC[C@@H](O)C(=O)O)cc1. The molecule has 38 heavy (non-hydrogen) atoms. The number of hydrogen-bond acceptors (Lipinski definition) is 6. The van der Waals surface area contributed by atoms with E-state index < -0.39 is 23.8 Å². The van der Waals surface area contributed by atoms with Gasteiger partial charge in [-0.25, -0.2) is 9.78 Å². The van der Waals surface area contributed by atoms with E-state index in [-0.39, 0.29) is 37.2 Å². The third-order valence-corrected chi connectivity index (χ3v) is 5.99. The van der Waals surface area contributed by atoms with Crippen molar-refractivity contribution in [3.63, 3.8) is 0 Å². The maximum absolute atomic E-state index is 12.8. The summed E-state index contributed by atoms with van der Waals surface area (Å²) in [6.07, 6.45) is -4.64. The Bertz CT molecular complexity index is 1210. The van der Waals surface area contributed by atoms with Gasteiger partial charge in [0, 0.05) is 35.5 Å². The highest BCUT2D eigenvalue weighted by molar-refractivity contribution is 5.96. The molecule has 3 aromatic rings. The zero-order valence-electron chi connectivity index (χ0n) is 20.9. The number of aromatic nitrogens is 1. The summed E-state index contributed by atoms with van der Waals surface area (Å²) < 4.78 is 44.2. The lowest BCUT2D eigenvalue weighted by Crippen LogP contribution is -2.32. The van der Waals surface area contributed by atoms with Crippen molar-refractivity contribution in [2.45, 2.75) is 45.0 Å². The first-order valence-corrected chi connectivity index (χ1v) is 12.0. The molecule has 0 aliphatic rings. The van der Waals surface area contributed by atoms with Gasteiger partial charge in [-0.15, -0.1) is 0 Å². The van der Waals surface area contributed by atoms with Crippen molar-refractivity contribution in [1.29, 1.82) is 0 Å². The molecular formula is C28H29F3N2O5. The van der Waals surface area contributed by atoms with Gasteiger partial charge in [-0.2, -0.15) is 13.2 Å². The number of nitrogens with one attached hydrogen (secondary N) is 1. The number of carboxylic acid groups (broad SMARTS) is 1. The Balaban J connectivity index is 1.56. The quantitative estimate of drug-likeness (QED) is 0.258. The first kappa shape index (κ1) is 28.6. The van der Waals surface area contributed by atoms with Crippen LogP contribution < -0.4 is 10.1 Å². The van der Waals surface area contributed by atoms with E-state index in [9.17, 15) is 27.9 Å². The highest BCUT2D eigenvalue weighted by Crippen LogP contribution is 2.31. The number of carbonyl (C=O) groups is 2. The fourth-order valence-electron chi connectivity index (χ4n) is 3.57. The van der Waals surface area contributed by atoms with Crippen molar-refractivity contribution in [3.05, 3.63) is 78.0 Å². The van der Waals surface area contributed by atoms with Gasteiger partial charge in [0.15, 0.2) is 11.9 Å².